The quantitative estimate of drug-likeness (QED) is 0.183. The largest absolute Gasteiger partial charge is 1.00 e. The monoisotopic (exact) mass is 348 g/mol. The molecule has 0 bridgehead atoms. The summed E-state index contributed by atoms with van der Waals surface area (Å²) >= 11 is 0. The minimum absolute atomic E-state index is 0. The molecule has 2 heterocycles. The maximum atomic E-state index is 11.8. The molecule has 25 heavy (non-hydrogen) atoms. The van der Waals surface area contributed by atoms with Crippen LogP contribution in [0.15, 0.2) is 46.2 Å². The topological polar surface area (TPSA) is 147 Å². The zero-order valence-corrected chi connectivity index (χ0v) is 14.9. The molecule has 0 amide bonds. The maximum absolute atomic E-state index is 11.8. The summed E-state index contributed by atoms with van der Waals surface area (Å²) in [5, 5.41) is 22.1. The van der Waals surface area contributed by atoms with Crippen LogP contribution in [0.25, 0.3) is 16.7 Å². The second-order valence-electron chi connectivity index (χ2n) is 4.71. The van der Waals surface area contributed by atoms with Gasteiger partial charge in [-0.05, 0) is 6.07 Å². The molecule has 0 aliphatic carbocycles. The summed E-state index contributed by atoms with van der Waals surface area (Å²) in [6.45, 7) is 0. The Morgan fingerprint density at radius 1 is 1.32 bits per heavy atom. The predicted molar refractivity (Wildman–Crippen MR) is 85.0 cm³/mol. The van der Waals surface area contributed by atoms with Crippen LogP contribution in [0.5, 0.6) is 0 Å². The molecule has 0 aliphatic rings. The number of nitro benzene ring substituents is 1. The van der Waals surface area contributed by atoms with E-state index in [1.54, 1.807) is 6.19 Å². The SMILES string of the molecule is N#CNc1nc2cc(-n3ccc(=O)cc3)c([N+](=O)[O-])cc2[nH]c1=O.[H-].[Na+]. The summed E-state index contributed by atoms with van der Waals surface area (Å²) in [6, 6.07) is 5.08. The number of anilines is 1. The van der Waals surface area contributed by atoms with E-state index in [9.17, 15) is 19.7 Å². The molecule has 0 fully saturated rings. The van der Waals surface area contributed by atoms with Crippen LogP contribution in [0.2, 0.25) is 0 Å². The van der Waals surface area contributed by atoms with E-state index in [0.29, 0.717) is 0 Å². The first-order valence-electron chi connectivity index (χ1n) is 6.56. The molecule has 2 aromatic heterocycles. The Kier molecular flexibility index (Phi) is 5.33. The number of aromatic nitrogens is 3. The number of nitriles is 1. The summed E-state index contributed by atoms with van der Waals surface area (Å²) in [4.78, 5) is 40.1. The van der Waals surface area contributed by atoms with E-state index < -0.39 is 10.5 Å². The molecule has 0 atom stereocenters. The first kappa shape index (κ1) is 18.3. The van der Waals surface area contributed by atoms with Crippen molar-refractivity contribution in [2.45, 2.75) is 0 Å². The van der Waals surface area contributed by atoms with Gasteiger partial charge in [0.15, 0.2) is 11.6 Å². The number of hydrogen-bond donors (Lipinski definition) is 2. The van der Waals surface area contributed by atoms with Crippen molar-refractivity contribution in [3.8, 4) is 11.9 Å². The van der Waals surface area contributed by atoms with E-state index in [2.05, 4.69) is 15.3 Å². The molecule has 0 unspecified atom stereocenters. The standard InChI is InChI=1S/C14H8N6O4.Na.H/c15-7-16-13-14(22)18-10-6-12(20(23)24)11(5-9(10)17-13)19-3-1-8(21)2-4-19;;/h1-6H,(H,16,17)(H,18,22);;/q;+1;-1. The van der Waals surface area contributed by atoms with Crippen LogP contribution in [0.1, 0.15) is 1.43 Å². The Labute approximate surface area is 162 Å². The van der Waals surface area contributed by atoms with Crippen molar-refractivity contribution in [2.24, 2.45) is 0 Å². The molecule has 1 aromatic carbocycles. The van der Waals surface area contributed by atoms with Crippen LogP contribution < -0.4 is 45.9 Å². The van der Waals surface area contributed by atoms with Crippen LogP contribution >= 0.6 is 0 Å². The van der Waals surface area contributed by atoms with Gasteiger partial charge in [-0.25, -0.2) is 4.98 Å². The van der Waals surface area contributed by atoms with Crippen LogP contribution in [0, 0.1) is 21.6 Å². The minimum atomic E-state index is -0.672. The molecule has 0 radical (unpaired) electrons. The molecule has 120 valence electrons. The Balaban J connectivity index is 0.00000169. The molecular formula is C14H9N6NaO4. The van der Waals surface area contributed by atoms with Crippen molar-refractivity contribution in [3.63, 3.8) is 0 Å². The second kappa shape index (κ2) is 7.27. The van der Waals surface area contributed by atoms with E-state index in [1.807, 2.05) is 0 Å². The van der Waals surface area contributed by atoms with Gasteiger partial charge in [-0.3, -0.25) is 25.0 Å². The Morgan fingerprint density at radius 3 is 2.60 bits per heavy atom. The van der Waals surface area contributed by atoms with E-state index >= 15 is 0 Å². The average Bonchev–Trinajstić information content (AvgIpc) is 2.55. The molecule has 3 rings (SSSR count). The molecule has 3 aromatic rings. The van der Waals surface area contributed by atoms with Crippen LogP contribution in [0.4, 0.5) is 11.5 Å². The van der Waals surface area contributed by atoms with E-state index in [4.69, 9.17) is 5.26 Å². The molecule has 2 N–H and O–H groups in total. The summed E-state index contributed by atoms with van der Waals surface area (Å²) < 4.78 is 1.39. The Hall–Kier alpha value is -3.00. The Bertz CT molecular complexity index is 1120. The van der Waals surface area contributed by atoms with Crippen LogP contribution in [-0.4, -0.2) is 19.5 Å². The number of nitrogens with zero attached hydrogens (tertiary/aromatic N) is 4. The number of hydrogen-bond acceptors (Lipinski definition) is 7. The molecule has 11 heteroatoms. The van der Waals surface area contributed by atoms with Gasteiger partial charge in [0.25, 0.3) is 11.2 Å². The van der Waals surface area contributed by atoms with Crippen LogP contribution in [0.3, 0.4) is 0 Å². The van der Waals surface area contributed by atoms with Gasteiger partial charge in [0.1, 0.15) is 5.69 Å². The number of rotatable bonds is 3. The van der Waals surface area contributed by atoms with Gasteiger partial charge in [0, 0.05) is 30.6 Å². The predicted octanol–water partition coefficient (Wildman–Crippen LogP) is -2.01. The fourth-order valence-electron chi connectivity index (χ4n) is 2.18. The smallest absolute Gasteiger partial charge is 1.00 e. The first-order valence-corrected chi connectivity index (χ1v) is 6.56. The maximum Gasteiger partial charge on any atom is 1.00 e. The van der Waals surface area contributed by atoms with E-state index in [0.717, 1.165) is 0 Å². The summed E-state index contributed by atoms with van der Waals surface area (Å²) in [6.07, 6.45) is 4.36. The summed E-state index contributed by atoms with van der Waals surface area (Å²) in [5.41, 5.74) is -0.627. The molecule has 10 nitrogen and oxygen atoms in total. The Morgan fingerprint density at radius 2 is 2.00 bits per heavy atom. The van der Waals surface area contributed by atoms with Gasteiger partial charge in [-0.15, -0.1) is 0 Å². The number of nitro groups is 1. The van der Waals surface area contributed by atoms with Crippen molar-refractivity contribution in [1.82, 2.24) is 14.5 Å². The van der Waals surface area contributed by atoms with Gasteiger partial charge in [-0.2, -0.15) is 5.26 Å². The normalized spacial score (nSPS) is 9.88. The molecule has 0 spiro atoms. The molecule has 0 saturated carbocycles. The van der Waals surface area contributed by atoms with Gasteiger partial charge in [-0.1, -0.05) is 0 Å². The van der Waals surface area contributed by atoms with Crippen molar-refractivity contribution >= 4 is 22.5 Å². The van der Waals surface area contributed by atoms with Gasteiger partial charge in [0.05, 0.1) is 16.0 Å². The molecule has 0 saturated heterocycles. The third-order valence-corrected chi connectivity index (χ3v) is 3.24. The van der Waals surface area contributed by atoms with Gasteiger partial charge in [0.2, 0.25) is 5.82 Å². The zero-order valence-electron chi connectivity index (χ0n) is 13.9. The number of H-pyrrole nitrogens is 1. The number of fused-ring (bicyclic) bond motifs is 1. The van der Waals surface area contributed by atoms with Crippen molar-refractivity contribution < 1.29 is 35.9 Å². The van der Waals surface area contributed by atoms with Crippen molar-refractivity contribution in [1.29, 1.82) is 5.26 Å². The number of aromatic amines is 1. The summed E-state index contributed by atoms with van der Waals surface area (Å²) in [7, 11) is 0. The second-order valence-corrected chi connectivity index (χ2v) is 4.71. The average molecular weight is 348 g/mol. The number of pyridine rings is 1. The summed E-state index contributed by atoms with van der Waals surface area (Å²) in [5.74, 6) is -0.218. The number of nitrogens with one attached hydrogen (secondary N) is 2. The van der Waals surface area contributed by atoms with Gasteiger partial charge >= 0.3 is 29.6 Å². The van der Waals surface area contributed by atoms with Crippen molar-refractivity contribution in [2.75, 3.05) is 5.32 Å². The van der Waals surface area contributed by atoms with Crippen LogP contribution in [-0.2, 0) is 0 Å². The van der Waals surface area contributed by atoms with E-state index in [1.165, 1.54) is 41.2 Å². The molecule has 0 aliphatic heterocycles. The fraction of sp³-hybridized carbons (Fsp3) is 0. The fourth-order valence-corrected chi connectivity index (χ4v) is 2.18. The minimum Gasteiger partial charge on any atom is -1.00 e. The molecular weight excluding hydrogens is 339 g/mol. The first-order chi connectivity index (χ1) is 11.5. The number of benzene rings is 1. The third-order valence-electron chi connectivity index (χ3n) is 3.24. The van der Waals surface area contributed by atoms with Crippen molar-refractivity contribution in [3.05, 3.63) is 67.4 Å². The zero-order chi connectivity index (χ0) is 17.3. The van der Waals surface area contributed by atoms with E-state index in [-0.39, 0.29) is 64.6 Å². The van der Waals surface area contributed by atoms with Gasteiger partial charge < -0.3 is 11.0 Å². The third kappa shape index (κ3) is 3.58.